The summed E-state index contributed by atoms with van der Waals surface area (Å²) in [7, 11) is 0. The van der Waals surface area contributed by atoms with Crippen molar-refractivity contribution in [3.05, 3.63) is 250 Å². The number of ketones is 1. The molecule has 0 unspecified atom stereocenters. The van der Waals surface area contributed by atoms with Gasteiger partial charge in [-0.05, 0) is 383 Å². The zero-order valence-corrected chi connectivity index (χ0v) is 69.0. The first kappa shape index (κ1) is 68.9. The van der Waals surface area contributed by atoms with Crippen molar-refractivity contribution in [3.8, 4) is 98.8 Å². The van der Waals surface area contributed by atoms with Gasteiger partial charge in [-0.3, -0.25) is 4.79 Å². The van der Waals surface area contributed by atoms with Crippen LogP contribution in [0.1, 0.15) is 248 Å². The summed E-state index contributed by atoms with van der Waals surface area (Å²) in [4.78, 5) is 15.1. The molecule has 0 atom stereocenters. The summed E-state index contributed by atoms with van der Waals surface area (Å²) >= 11 is 1.90. The Balaban J connectivity index is 0.611. The quantitative estimate of drug-likeness (QED) is 0.111. The Morgan fingerprint density at radius 3 is 0.918 bits per heavy atom. The molecule has 0 saturated heterocycles. The number of thiophene rings is 1. The molecule has 556 valence electrons. The first-order chi connectivity index (χ1) is 52.7. The topological polar surface area (TPSA) is 17.1 Å². The third-order valence-electron chi connectivity index (χ3n) is 36.7. The van der Waals surface area contributed by atoms with E-state index in [1.807, 2.05) is 11.3 Å². The Morgan fingerprint density at radius 1 is 0.309 bits per heavy atom. The van der Waals surface area contributed by atoms with Crippen LogP contribution in [0.4, 0.5) is 0 Å². The monoisotopic (exact) mass is 1460 g/mol. The van der Waals surface area contributed by atoms with E-state index in [0.29, 0.717) is 35.7 Å². The fourth-order valence-electron chi connectivity index (χ4n) is 31.6. The van der Waals surface area contributed by atoms with Gasteiger partial charge in [0.05, 0.1) is 0 Å². The summed E-state index contributed by atoms with van der Waals surface area (Å²) in [5.41, 5.74) is 40.1. The molecule has 1 nitrogen and oxygen atoms in total. The zero-order chi connectivity index (χ0) is 75.6. The minimum absolute atomic E-state index is 0.00250. The van der Waals surface area contributed by atoms with Crippen molar-refractivity contribution in [2.24, 2.45) is 67.0 Å². The Hall–Kier alpha value is -7.91. The summed E-state index contributed by atoms with van der Waals surface area (Å²) in [6.45, 7) is 39.7. The lowest BCUT2D eigenvalue weighted by atomic mass is 9.50. The summed E-state index contributed by atoms with van der Waals surface area (Å²) in [6.07, 6.45) is 21.1. The van der Waals surface area contributed by atoms with E-state index in [1.165, 1.54) is 190 Å². The second kappa shape index (κ2) is 22.1. The van der Waals surface area contributed by atoms with Crippen molar-refractivity contribution in [3.63, 3.8) is 0 Å². The molecule has 0 aliphatic heterocycles. The van der Waals surface area contributed by atoms with E-state index >= 15 is 0 Å². The number of aryl methyl sites for hydroxylation is 1. The van der Waals surface area contributed by atoms with Crippen molar-refractivity contribution in [1.82, 2.24) is 0 Å². The number of Topliss-reactive ketones (excluding diaryl/α,β-unsaturated/α-hetero) is 1. The first-order valence-corrected chi connectivity index (χ1v) is 44.1. The van der Waals surface area contributed by atoms with Gasteiger partial charge in [-0.15, -0.1) is 11.3 Å². The van der Waals surface area contributed by atoms with Gasteiger partial charge >= 0.3 is 0 Å². The molecule has 2 heteroatoms. The van der Waals surface area contributed by atoms with Crippen molar-refractivity contribution in [1.29, 1.82) is 0 Å². The second-order valence-electron chi connectivity index (χ2n) is 41.1. The predicted molar refractivity (Wildman–Crippen MR) is 460 cm³/mol. The molecule has 0 amide bonds. The molecule has 12 aliphatic rings. The van der Waals surface area contributed by atoms with E-state index in [9.17, 15) is 4.79 Å². The van der Waals surface area contributed by atoms with Crippen LogP contribution >= 0.6 is 11.3 Å². The van der Waals surface area contributed by atoms with E-state index in [2.05, 4.69) is 279 Å². The number of allylic oxidation sites excluding steroid dienone is 1. The van der Waals surface area contributed by atoms with Crippen molar-refractivity contribution in [2.45, 2.75) is 228 Å². The van der Waals surface area contributed by atoms with E-state index in [-0.39, 0.29) is 70.8 Å². The maximum Gasteiger partial charge on any atom is 0.162 e. The van der Waals surface area contributed by atoms with Gasteiger partial charge in [0, 0.05) is 37.8 Å². The van der Waals surface area contributed by atoms with Gasteiger partial charge in [0.25, 0.3) is 0 Å². The predicted octanol–water partition coefficient (Wildman–Crippen LogP) is 29.1. The van der Waals surface area contributed by atoms with E-state index in [1.54, 1.807) is 68.1 Å². The molecule has 10 aromatic rings. The molecule has 22 rings (SSSR count). The standard InChI is InChI=1S/C108H112OS/c1-63(2)94(109)55-69-17-19-74(20-18-69)95-36-37-96(110-95)77-31-35-80-83-60-90-82(59-91(83)106(88(80)58-77)99(14)42-44-100(106,15)45-43-99)79-33-29-75(56-87(79)105(90)97(12)38-40-98(105,13)41-39-97)72-25-21-70(22-26-72)71-23-27-73(28-24-71)76-30-34-81-85-62-92-84(61-93(85)108(89(81)57-76)103(66(7)8)50-52-104(108,53-51-103)67(9)10)78-32-16-68(11)54-86(78)107(92)101(64(3)4)46-48-102(107,49-47-101)65(5)6/h16-37,54,56-62,64-67H,1,38-53,55H2,2-15H3. The molecule has 0 radical (unpaired) electrons. The summed E-state index contributed by atoms with van der Waals surface area (Å²) < 4.78 is 0. The van der Waals surface area contributed by atoms with Crippen LogP contribution < -0.4 is 0 Å². The zero-order valence-electron chi connectivity index (χ0n) is 68.2. The molecule has 8 fully saturated rings. The first-order valence-electron chi connectivity index (χ1n) is 43.2. The average molecular weight is 1460 g/mol. The van der Waals surface area contributed by atoms with Gasteiger partial charge in [0.1, 0.15) is 0 Å². The lowest BCUT2D eigenvalue weighted by molar-refractivity contribution is -0.114. The van der Waals surface area contributed by atoms with Gasteiger partial charge in [0.2, 0.25) is 0 Å². The van der Waals surface area contributed by atoms with Gasteiger partial charge in [-0.2, -0.15) is 0 Å². The molecule has 4 spiro atoms. The third-order valence-corrected chi connectivity index (χ3v) is 37.9. The van der Waals surface area contributed by atoms with E-state index in [4.69, 9.17) is 0 Å². The van der Waals surface area contributed by atoms with Crippen LogP contribution in [0.3, 0.4) is 0 Å². The summed E-state index contributed by atoms with van der Waals surface area (Å²) in [5, 5.41) is 0. The maximum absolute atomic E-state index is 12.6. The Morgan fingerprint density at radius 2 is 0.573 bits per heavy atom. The smallest absolute Gasteiger partial charge is 0.162 e. The Kier molecular flexibility index (Phi) is 13.8. The van der Waals surface area contributed by atoms with Crippen LogP contribution in [-0.4, -0.2) is 5.78 Å². The number of carbonyl (C=O) groups excluding carboxylic acids is 1. The van der Waals surface area contributed by atoms with Crippen molar-refractivity contribution in [2.75, 3.05) is 0 Å². The molecule has 1 aromatic heterocycles. The minimum atomic E-state index is -0.0774. The number of hydrogen-bond acceptors (Lipinski definition) is 2. The number of carbonyl (C=O) groups is 1. The van der Waals surface area contributed by atoms with Gasteiger partial charge < -0.3 is 0 Å². The number of rotatable bonds is 12. The fourth-order valence-corrected chi connectivity index (χ4v) is 32.6. The van der Waals surface area contributed by atoms with Crippen LogP contribution in [0.25, 0.3) is 98.8 Å². The van der Waals surface area contributed by atoms with Gasteiger partial charge in [0.15, 0.2) is 5.78 Å². The largest absolute Gasteiger partial charge is 0.294 e. The maximum atomic E-state index is 12.6. The van der Waals surface area contributed by atoms with Crippen LogP contribution in [0.2, 0.25) is 0 Å². The fraction of sp³-hybridized carbons (Fsp3) is 0.435. The molecular formula is C108H112OS. The van der Waals surface area contributed by atoms with Gasteiger partial charge in [-0.1, -0.05) is 223 Å². The molecule has 12 aliphatic carbocycles. The van der Waals surface area contributed by atoms with Gasteiger partial charge in [-0.25, -0.2) is 0 Å². The normalized spacial score (nSPS) is 33.1. The van der Waals surface area contributed by atoms with Crippen molar-refractivity contribution >= 4 is 17.1 Å². The summed E-state index contributed by atoms with van der Waals surface area (Å²) in [5.74, 6) is 2.40. The Bertz CT molecular complexity index is 5590. The highest BCUT2D eigenvalue weighted by Gasteiger charge is 2.80. The van der Waals surface area contributed by atoms with Crippen LogP contribution in [0, 0.1) is 73.9 Å². The van der Waals surface area contributed by atoms with Crippen LogP contribution in [-0.2, 0) is 32.9 Å². The average Bonchev–Trinajstić information content (AvgIpc) is 1.47. The molecule has 9 aromatic carbocycles. The number of hydrogen-bond donors (Lipinski definition) is 0. The molecule has 8 bridgehead atoms. The third kappa shape index (κ3) is 7.62. The Labute approximate surface area is 660 Å². The highest BCUT2D eigenvalue weighted by Crippen LogP contribution is 2.87. The van der Waals surface area contributed by atoms with Crippen molar-refractivity contribution < 1.29 is 4.79 Å². The van der Waals surface area contributed by atoms with Crippen LogP contribution in [0.5, 0.6) is 0 Å². The van der Waals surface area contributed by atoms with E-state index < -0.39 is 0 Å². The highest BCUT2D eigenvalue weighted by molar-refractivity contribution is 7.18. The molecule has 8 saturated carbocycles. The highest BCUT2D eigenvalue weighted by atomic mass is 32.1. The number of benzene rings is 9. The summed E-state index contributed by atoms with van der Waals surface area (Å²) in [6, 6.07) is 75.3. The molecule has 1 heterocycles. The molecular weight excluding hydrogens is 1350 g/mol. The lowest BCUT2D eigenvalue weighted by Crippen LogP contribution is -2.50. The molecule has 0 N–H and O–H groups in total. The van der Waals surface area contributed by atoms with E-state index in [0.717, 1.165) is 5.56 Å². The lowest BCUT2D eigenvalue weighted by Gasteiger charge is -2.52. The SMILES string of the molecule is C=C(C)C(=O)Cc1ccc(-c2ccc(-c3ccc4c(c3)C3(c5cc6c(cc5-4)C4(c5cc(-c7ccc(-c8ccc(-c9ccc%10c(c9)C9(c%11cc%12c(cc%11-%10)C%10(c%11cc(C)ccc%11-%12)C%11(C(C)C)CCC%10(C(C)C)CC%11)C%10(C(C)C)CCC9(C(C)C)CC%10)cc8)cc7)ccc5-6)C5(C)CCC4(C)CC5)C4(C)CCC3(C)CC4)s2)cc1. The minimum Gasteiger partial charge on any atom is -0.294 e. The molecule has 110 heavy (non-hydrogen) atoms. The second-order valence-corrected chi connectivity index (χ2v) is 42.2. The van der Waals surface area contributed by atoms with Crippen LogP contribution in [0.15, 0.2) is 194 Å². The number of fused-ring (bicyclic) bond motifs is 12.